The van der Waals surface area contributed by atoms with E-state index in [1.54, 1.807) is 0 Å². The zero-order chi connectivity index (χ0) is 11.8. The van der Waals surface area contributed by atoms with Crippen LogP contribution in [0, 0.1) is 0 Å². The van der Waals surface area contributed by atoms with Crippen molar-refractivity contribution in [1.29, 1.82) is 0 Å². The average Bonchev–Trinajstić information content (AvgIpc) is 2.53. The number of carbonyl (C=O) groups is 1. The summed E-state index contributed by atoms with van der Waals surface area (Å²) in [6.45, 7) is 1.96. The van der Waals surface area contributed by atoms with Gasteiger partial charge in [-0.15, -0.1) is 0 Å². The van der Waals surface area contributed by atoms with E-state index < -0.39 is 5.60 Å². The smallest absolute Gasteiger partial charge is 0.317 e. The van der Waals surface area contributed by atoms with Gasteiger partial charge in [0.25, 0.3) is 0 Å². The molecule has 0 radical (unpaired) electrons. The van der Waals surface area contributed by atoms with Crippen molar-refractivity contribution < 1.29 is 9.53 Å². The molecule has 1 aromatic carbocycles. The van der Waals surface area contributed by atoms with Gasteiger partial charge < -0.3 is 4.74 Å². The molecule has 0 N–H and O–H groups in total. The van der Waals surface area contributed by atoms with Gasteiger partial charge in [-0.3, -0.25) is 4.79 Å². The first-order valence-electron chi connectivity index (χ1n) is 5.07. The van der Waals surface area contributed by atoms with Gasteiger partial charge in [-0.05, 0) is 30.2 Å². The van der Waals surface area contributed by atoms with Crippen molar-refractivity contribution in [3.05, 3.63) is 34.3 Å². The van der Waals surface area contributed by atoms with Gasteiger partial charge in [-0.25, -0.2) is 0 Å². The van der Waals surface area contributed by atoms with Crippen LogP contribution in [0.25, 0.3) is 0 Å². The number of fused-ring (bicyclic) bond motifs is 1. The lowest BCUT2D eigenvalue weighted by Gasteiger charge is -2.23. The second kappa shape index (κ2) is 4.38. The third-order valence-corrected chi connectivity index (χ3v) is 3.46. The van der Waals surface area contributed by atoms with Crippen LogP contribution in [-0.2, 0) is 22.4 Å². The molecule has 0 spiro atoms. The highest BCUT2D eigenvalue weighted by Gasteiger charge is 2.36. The van der Waals surface area contributed by atoms with Gasteiger partial charge >= 0.3 is 5.97 Å². The number of benzene rings is 1. The Morgan fingerprint density at radius 1 is 1.50 bits per heavy atom. The summed E-state index contributed by atoms with van der Waals surface area (Å²) in [6, 6.07) is 5.83. The monoisotopic (exact) mass is 302 g/mol. The molecule has 0 saturated carbocycles. The number of hydrogen-bond acceptors (Lipinski definition) is 2. The molecule has 2 rings (SSSR count). The first-order chi connectivity index (χ1) is 7.52. The van der Waals surface area contributed by atoms with Crippen molar-refractivity contribution in [2.45, 2.75) is 25.4 Å². The predicted molar refractivity (Wildman–Crippen MR) is 67.2 cm³/mol. The van der Waals surface area contributed by atoms with Crippen molar-refractivity contribution in [2.75, 3.05) is 5.33 Å². The fourth-order valence-electron chi connectivity index (χ4n) is 2.17. The largest absolute Gasteiger partial charge is 0.458 e. The maximum Gasteiger partial charge on any atom is 0.317 e. The highest BCUT2D eigenvalue weighted by Crippen LogP contribution is 2.34. The van der Waals surface area contributed by atoms with Gasteiger partial charge in [0.2, 0.25) is 0 Å². The lowest BCUT2D eigenvalue weighted by Crippen LogP contribution is -2.32. The Labute approximate surface area is 108 Å². The molecule has 86 valence electrons. The molecule has 4 heteroatoms. The average molecular weight is 304 g/mol. The lowest BCUT2D eigenvalue weighted by molar-refractivity contribution is -0.153. The van der Waals surface area contributed by atoms with Crippen LogP contribution in [-0.4, -0.2) is 16.9 Å². The van der Waals surface area contributed by atoms with Crippen LogP contribution in [0.4, 0.5) is 0 Å². The van der Waals surface area contributed by atoms with Crippen LogP contribution in [0.5, 0.6) is 0 Å². The first kappa shape index (κ1) is 11.9. The van der Waals surface area contributed by atoms with Crippen LogP contribution in [0.1, 0.15) is 18.1 Å². The standard InChI is InChI=1S/C12H12BrClO2/c1-12(16-11(15)7-13)5-8-2-3-10(14)4-9(8)6-12/h2-4H,5-7H2,1H3. The maximum atomic E-state index is 11.3. The predicted octanol–water partition coefficient (Wildman–Crippen LogP) is 3.14. The van der Waals surface area contributed by atoms with Crippen LogP contribution in [0.3, 0.4) is 0 Å². The molecule has 0 heterocycles. The van der Waals surface area contributed by atoms with E-state index in [9.17, 15) is 4.79 Å². The summed E-state index contributed by atoms with van der Waals surface area (Å²) in [5, 5.41) is 0.967. The second-order valence-electron chi connectivity index (χ2n) is 4.32. The molecular weight excluding hydrogens is 291 g/mol. The first-order valence-corrected chi connectivity index (χ1v) is 6.57. The Morgan fingerprint density at radius 3 is 2.88 bits per heavy atom. The molecule has 1 aliphatic carbocycles. The van der Waals surface area contributed by atoms with E-state index in [0.29, 0.717) is 0 Å². The van der Waals surface area contributed by atoms with Crippen molar-refractivity contribution >= 4 is 33.5 Å². The number of ether oxygens (including phenoxy) is 1. The van der Waals surface area contributed by atoms with Gasteiger partial charge in [-0.2, -0.15) is 0 Å². The Balaban J connectivity index is 2.17. The fourth-order valence-corrected chi connectivity index (χ4v) is 2.48. The SMILES string of the molecule is CC1(OC(=O)CBr)Cc2ccc(Cl)cc2C1. The lowest BCUT2D eigenvalue weighted by atomic mass is 10.0. The molecule has 1 atom stereocenters. The molecule has 0 saturated heterocycles. The van der Waals surface area contributed by atoms with Crippen LogP contribution < -0.4 is 0 Å². The Kier molecular flexibility index (Phi) is 3.27. The van der Waals surface area contributed by atoms with Crippen molar-refractivity contribution in [3.63, 3.8) is 0 Å². The quantitative estimate of drug-likeness (QED) is 0.620. The molecule has 0 bridgehead atoms. The van der Waals surface area contributed by atoms with E-state index in [1.807, 2.05) is 25.1 Å². The number of halogens is 2. The van der Waals surface area contributed by atoms with Gasteiger partial charge in [0, 0.05) is 17.9 Å². The fraction of sp³-hybridized carbons (Fsp3) is 0.417. The number of carbonyl (C=O) groups excluding carboxylic acids is 1. The minimum Gasteiger partial charge on any atom is -0.458 e. The summed E-state index contributed by atoms with van der Waals surface area (Å²) in [6.07, 6.45) is 1.50. The minimum absolute atomic E-state index is 0.221. The third-order valence-electron chi connectivity index (χ3n) is 2.77. The highest BCUT2D eigenvalue weighted by atomic mass is 79.9. The zero-order valence-corrected chi connectivity index (χ0v) is 11.3. The molecule has 16 heavy (non-hydrogen) atoms. The molecule has 0 amide bonds. The van der Waals surface area contributed by atoms with E-state index in [2.05, 4.69) is 15.9 Å². The molecule has 0 aliphatic heterocycles. The van der Waals surface area contributed by atoms with E-state index >= 15 is 0 Å². The summed E-state index contributed by atoms with van der Waals surface area (Å²) < 4.78 is 5.44. The zero-order valence-electron chi connectivity index (χ0n) is 8.93. The molecule has 0 fully saturated rings. The van der Waals surface area contributed by atoms with E-state index in [-0.39, 0.29) is 11.3 Å². The van der Waals surface area contributed by atoms with Gasteiger partial charge in [0.05, 0.1) is 0 Å². The van der Waals surface area contributed by atoms with Gasteiger partial charge in [-0.1, -0.05) is 33.6 Å². The van der Waals surface area contributed by atoms with Crippen LogP contribution in [0.15, 0.2) is 18.2 Å². The molecule has 0 aromatic heterocycles. The van der Waals surface area contributed by atoms with Gasteiger partial charge in [0.1, 0.15) is 10.9 Å². The van der Waals surface area contributed by atoms with Crippen LogP contribution in [0.2, 0.25) is 5.02 Å². The maximum absolute atomic E-state index is 11.3. The molecule has 2 nitrogen and oxygen atoms in total. The molecule has 1 aromatic rings. The van der Waals surface area contributed by atoms with Gasteiger partial charge in [0.15, 0.2) is 0 Å². The van der Waals surface area contributed by atoms with E-state index in [0.717, 1.165) is 17.9 Å². The normalized spacial score (nSPS) is 22.9. The number of hydrogen-bond donors (Lipinski definition) is 0. The second-order valence-corrected chi connectivity index (χ2v) is 5.32. The van der Waals surface area contributed by atoms with E-state index in [1.165, 1.54) is 11.1 Å². The highest BCUT2D eigenvalue weighted by molar-refractivity contribution is 9.09. The Morgan fingerprint density at radius 2 is 2.19 bits per heavy atom. The number of esters is 1. The van der Waals surface area contributed by atoms with Crippen molar-refractivity contribution in [2.24, 2.45) is 0 Å². The van der Waals surface area contributed by atoms with Crippen molar-refractivity contribution in [3.8, 4) is 0 Å². The summed E-state index contributed by atoms with van der Waals surface area (Å²) >= 11 is 9.03. The summed E-state index contributed by atoms with van der Waals surface area (Å²) in [7, 11) is 0. The number of rotatable bonds is 2. The summed E-state index contributed by atoms with van der Waals surface area (Å²) in [5.74, 6) is -0.221. The summed E-state index contributed by atoms with van der Waals surface area (Å²) in [4.78, 5) is 11.3. The number of alkyl halides is 1. The topological polar surface area (TPSA) is 26.3 Å². The van der Waals surface area contributed by atoms with Crippen molar-refractivity contribution in [1.82, 2.24) is 0 Å². The molecule has 1 unspecified atom stereocenters. The minimum atomic E-state index is -0.419. The molecule has 1 aliphatic rings. The summed E-state index contributed by atoms with van der Waals surface area (Å²) in [5.41, 5.74) is 1.98. The molecular formula is C12H12BrClO2. The third kappa shape index (κ3) is 2.41. The Hall–Kier alpha value is -0.540. The Bertz CT molecular complexity index is 433. The van der Waals surface area contributed by atoms with E-state index in [4.69, 9.17) is 16.3 Å². The van der Waals surface area contributed by atoms with Crippen LogP contribution >= 0.6 is 27.5 Å².